The van der Waals surface area contributed by atoms with Crippen LogP contribution in [-0.4, -0.2) is 43.9 Å². The zero-order valence-electron chi connectivity index (χ0n) is 13.6. The minimum absolute atomic E-state index is 0.182. The van der Waals surface area contributed by atoms with Crippen LogP contribution < -0.4 is 11.1 Å². The van der Waals surface area contributed by atoms with Crippen LogP contribution in [0.25, 0.3) is 0 Å². The number of benzene rings is 1. The first kappa shape index (κ1) is 16.9. The number of thioether (sulfide) groups is 1. The molecule has 0 spiro atoms. The molecule has 1 fully saturated rings. The van der Waals surface area contributed by atoms with E-state index in [2.05, 4.69) is 32.1 Å². The van der Waals surface area contributed by atoms with Crippen LogP contribution in [0, 0.1) is 5.82 Å². The Morgan fingerprint density at radius 1 is 1.25 bits per heavy atom. The van der Waals surface area contributed by atoms with Crippen molar-refractivity contribution < 1.29 is 4.39 Å². The van der Waals surface area contributed by atoms with Crippen molar-refractivity contribution in [2.45, 2.75) is 25.9 Å². The molecular formula is C16H21FN6S. The molecule has 8 heteroatoms. The van der Waals surface area contributed by atoms with Crippen molar-refractivity contribution in [1.82, 2.24) is 19.9 Å². The maximum atomic E-state index is 13.0. The molecule has 2 aromatic rings. The van der Waals surface area contributed by atoms with Crippen LogP contribution in [0.1, 0.15) is 19.2 Å². The molecule has 0 radical (unpaired) electrons. The lowest BCUT2D eigenvalue weighted by atomic mass is 10.2. The summed E-state index contributed by atoms with van der Waals surface area (Å²) < 4.78 is 13.0. The average Bonchev–Trinajstić information content (AvgIpc) is 2.74. The quantitative estimate of drug-likeness (QED) is 0.879. The molecule has 1 aliphatic heterocycles. The van der Waals surface area contributed by atoms with E-state index in [1.165, 1.54) is 17.9 Å². The minimum Gasteiger partial charge on any atom is -0.368 e. The maximum absolute atomic E-state index is 13.0. The fourth-order valence-corrected chi connectivity index (χ4v) is 3.66. The Hall–Kier alpha value is -1.93. The fraction of sp³-hybridized carbons (Fsp3) is 0.438. The number of nitrogens with one attached hydrogen (secondary N) is 1. The number of nitrogens with two attached hydrogens (primary N) is 1. The molecule has 0 bridgehead atoms. The molecule has 1 aromatic carbocycles. The summed E-state index contributed by atoms with van der Waals surface area (Å²) in [4.78, 5) is 15.2. The van der Waals surface area contributed by atoms with Gasteiger partial charge in [-0.25, -0.2) is 4.39 Å². The van der Waals surface area contributed by atoms with Gasteiger partial charge in [-0.3, -0.25) is 4.90 Å². The zero-order chi connectivity index (χ0) is 16.9. The maximum Gasteiger partial charge on any atom is 0.232 e. The number of hydrogen-bond acceptors (Lipinski definition) is 7. The first-order chi connectivity index (χ1) is 11.6. The third-order valence-corrected chi connectivity index (χ3v) is 4.97. The molecule has 0 amide bonds. The molecule has 1 atom stereocenters. The van der Waals surface area contributed by atoms with E-state index in [1.807, 2.05) is 11.8 Å². The van der Waals surface area contributed by atoms with Crippen molar-refractivity contribution in [2.75, 3.05) is 29.1 Å². The molecule has 24 heavy (non-hydrogen) atoms. The Morgan fingerprint density at radius 2 is 2.04 bits per heavy atom. The van der Waals surface area contributed by atoms with Crippen molar-refractivity contribution in [3.05, 3.63) is 35.9 Å². The Labute approximate surface area is 145 Å². The van der Waals surface area contributed by atoms with E-state index in [-0.39, 0.29) is 11.8 Å². The standard InChI is InChI=1S/C16H21FN6S/c1-11-6-8-24-9-7-23(11)10-14-20-15(18)22-16(21-14)19-13-4-2-12(17)3-5-13/h2-5,11H,6-10H2,1H3,(H3,18,19,20,21,22)/t11-/m1/s1. The lowest BCUT2D eigenvalue weighted by Crippen LogP contribution is -2.34. The normalized spacial score (nSPS) is 19.0. The number of halogens is 1. The van der Waals surface area contributed by atoms with Crippen molar-refractivity contribution in [3.8, 4) is 0 Å². The summed E-state index contributed by atoms with van der Waals surface area (Å²) in [6.07, 6.45) is 1.16. The second-order valence-corrected chi connectivity index (χ2v) is 7.01. The van der Waals surface area contributed by atoms with Gasteiger partial charge in [0.1, 0.15) is 11.6 Å². The smallest absolute Gasteiger partial charge is 0.232 e. The molecule has 6 nitrogen and oxygen atoms in total. The third kappa shape index (κ3) is 4.55. The molecule has 3 N–H and O–H groups in total. The van der Waals surface area contributed by atoms with E-state index in [0.29, 0.717) is 30.0 Å². The van der Waals surface area contributed by atoms with Gasteiger partial charge in [0.05, 0.1) is 6.54 Å². The predicted octanol–water partition coefficient (Wildman–Crippen LogP) is 2.66. The highest BCUT2D eigenvalue weighted by molar-refractivity contribution is 7.99. The molecule has 2 heterocycles. The number of anilines is 3. The van der Waals surface area contributed by atoms with E-state index in [1.54, 1.807) is 12.1 Å². The van der Waals surface area contributed by atoms with Crippen molar-refractivity contribution in [3.63, 3.8) is 0 Å². The number of rotatable bonds is 4. The van der Waals surface area contributed by atoms with Crippen molar-refractivity contribution in [2.24, 2.45) is 0 Å². The van der Waals surface area contributed by atoms with Crippen LogP contribution >= 0.6 is 11.8 Å². The molecule has 1 aromatic heterocycles. The van der Waals surface area contributed by atoms with Crippen LogP contribution in [0.2, 0.25) is 0 Å². The summed E-state index contributed by atoms with van der Waals surface area (Å²) in [7, 11) is 0. The number of hydrogen-bond donors (Lipinski definition) is 2. The highest BCUT2D eigenvalue weighted by atomic mass is 32.2. The van der Waals surface area contributed by atoms with E-state index in [0.717, 1.165) is 18.7 Å². The monoisotopic (exact) mass is 348 g/mol. The Kier molecular flexibility index (Phi) is 5.47. The summed E-state index contributed by atoms with van der Waals surface area (Å²) in [6, 6.07) is 6.51. The first-order valence-electron chi connectivity index (χ1n) is 7.95. The largest absolute Gasteiger partial charge is 0.368 e. The lowest BCUT2D eigenvalue weighted by Gasteiger charge is -2.25. The SMILES string of the molecule is C[C@@H]1CCSCCN1Cc1nc(N)nc(Nc2ccc(F)cc2)n1. The second kappa shape index (κ2) is 7.76. The molecule has 0 unspecified atom stereocenters. The van der Waals surface area contributed by atoms with Crippen LogP contribution in [0.15, 0.2) is 24.3 Å². The Bertz CT molecular complexity index is 681. The van der Waals surface area contributed by atoms with E-state index in [4.69, 9.17) is 5.73 Å². The third-order valence-electron chi connectivity index (χ3n) is 3.97. The molecule has 1 saturated heterocycles. The van der Waals surface area contributed by atoms with Crippen LogP contribution in [0.3, 0.4) is 0 Å². The predicted molar refractivity (Wildman–Crippen MR) is 95.7 cm³/mol. The van der Waals surface area contributed by atoms with Gasteiger partial charge in [-0.15, -0.1) is 0 Å². The highest BCUT2D eigenvalue weighted by Gasteiger charge is 2.19. The fourth-order valence-electron chi connectivity index (χ4n) is 2.58. The first-order valence-corrected chi connectivity index (χ1v) is 9.10. The molecule has 3 rings (SSSR count). The topological polar surface area (TPSA) is 80.0 Å². The van der Waals surface area contributed by atoms with Gasteiger partial charge in [0, 0.05) is 24.0 Å². The number of nitrogen functional groups attached to an aromatic ring is 1. The van der Waals surface area contributed by atoms with Gasteiger partial charge < -0.3 is 11.1 Å². The van der Waals surface area contributed by atoms with E-state index < -0.39 is 0 Å². The summed E-state index contributed by atoms with van der Waals surface area (Å²) >= 11 is 1.98. The average molecular weight is 348 g/mol. The molecule has 0 saturated carbocycles. The second-order valence-electron chi connectivity index (χ2n) is 5.79. The molecular weight excluding hydrogens is 327 g/mol. The summed E-state index contributed by atoms with van der Waals surface area (Å²) in [6.45, 7) is 3.89. The van der Waals surface area contributed by atoms with Gasteiger partial charge in [-0.2, -0.15) is 26.7 Å². The van der Waals surface area contributed by atoms with E-state index >= 15 is 0 Å². The highest BCUT2D eigenvalue weighted by Crippen LogP contribution is 2.19. The van der Waals surface area contributed by atoms with Gasteiger partial charge in [0.15, 0.2) is 0 Å². The molecule has 0 aliphatic carbocycles. The van der Waals surface area contributed by atoms with Gasteiger partial charge in [-0.1, -0.05) is 0 Å². The van der Waals surface area contributed by atoms with Gasteiger partial charge in [0.2, 0.25) is 11.9 Å². The zero-order valence-corrected chi connectivity index (χ0v) is 14.4. The van der Waals surface area contributed by atoms with Crippen molar-refractivity contribution in [1.29, 1.82) is 0 Å². The summed E-state index contributed by atoms with van der Waals surface area (Å²) in [5.74, 6) is 3.22. The van der Waals surface area contributed by atoms with Crippen molar-refractivity contribution >= 4 is 29.3 Å². The van der Waals surface area contributed by atoms with Crippen LogP contribution in [0.5, 0.6) is 0 Å². The number of aromatic nitrogens is 3. The Morgan fingerprint density at radius 3 is 2.83 bits per heavy atom. The molecule has 128 valence electrons. The minimum atomic E-state index is -0.288. The van der Waals surface area contributed by atoms with Gasteiger partial charge >= 0.3 is 0 Å². The summed E-state index contributed by atoms with van der Waals surface area (Å²) in [5.41, 5.74) is 6.52. The van der Waals surface area contributed by atoms with E-state index in [9.17, 15) is 4.39 Å². The number of nitrogens with zero attached hydrogens (tertiary/aromatic N) is 4. The molecule has 1 aliphatic rings. The lowest BCUT2D eigenvalue weighted by molar-refractivity contribution is 0.207. The summed E-state index contributed by atoms with van der Waals surface area (Å²) in [5, 5.41) is 3.04. The van der Waals surface area contributed by atoms with Crippen LogP contribution in [0.4, 0.5) is 22.0 Å². The van der Waals surface area contributed by atoms with Crippen LogP contribution in [-0.2, 0) is 6.54 Å². The van der Waals surface area contributed by atoms with Gasteiger partial charge in [-0.05, 0) is 43.4 Å². The Balaban J connectivity index is 1.74. The van der Waals surface area contributed by atoms with Gasteiger partial charge in [0.25, 0.3) is 0 Å².